The highest BCUT2D eigenvalue weighted by molar-refractivity contribution is 5.92. The Labute approximate surface area is 193 Å². The number of nitrogens with one attached hydrogen (secondary N) is 1. The lowest BCUT2D eigenvalue weighted by molar-refractivity contribution is -0.135. The van der Waals surface area contributed by atoms with Gasteiger partial charge < -0.3 is 29.3 Å². The molecule has 2 aromatic rings. The summed E-state index contributed by atoms with van der Waals surface area (Å²) >= 11 is 0. The molecule has 0 radical (unpaired) electrons. The van der Waals surface area contributed by atoms with Crippen molar-refractivity contribution in [2.75, 3.05) is 45.2 Å². The number of amides is 3. The molecule has 2 aromatic carbocycles. The van der Waals surface area contributed by atoms with Gasteiger partial charge in [0.2, 0.25) is 0 Å². The molecule has 1 aliphatic rings. The molecule has 0 spiro atoms. The van der Waals surface area contributed by atoms with E-state index in [4.69, 9.17) is 14.2 Å². The van der Waals surface area contributed by atoms with E-state index in [9.17, 15) is 14.4 Å². The zero-order chi connectivity index (χ0) is 23.8. The van der Waals surface area contributed by atoms with E-state index in [-0.39, 0.29) is 30.2 Å². The van der Waals surface area contributed by atoms with E-state index in [1.165, 1.54) is 13.2 Å². The molecular formula is C24H29N3O6. The van der Waals surface area contributed by atoms with Gasteiger partial charge in [-0.2, -0.15) is 0 Å². The van der Waals surface area contributed by atoms with Crippen LogP contribution in [0.3, 0.4) is 0 Å². The van der Waals surface area contributed by atoms with Crippen LogP contribution in [-0.2, 0) is 9.53 Å². The van der Waals surface area contributed by atoms with Gasteiger partial charge in [-0.15, -0.1) is 0 Å². The summed E-state index contributed by atoms with van der Waals surface area (Å²) in [6.45, 7) is 4.94. The van der Waals surface area contributed by atoms with Gasteiger partial charge in [0.25, 0.3) is 5.91 Å². The van der Waals surface area contributed by atoms with Gasteiger partial charge in [-0.3, -0.25) is 4.79 Å². The zero-order valence-electron chi connectivity index (χ0n) is 19.1. The third kappa shape index (κ3) is 6.61. The molecule has 0 unspecified atom stereocenters. The van der Waals surface area contributed by atoms with Crippen LogP contribution < -0.4 is 14.8 Å². The van der Waals surface area contributed by atoms with E-state index in [1.807, 2.05) is 44.2 Å². The van der Waals surface area contributed by atoms with Gasteiger partial charge in [-0.1, -0.05) is 18.2 Å². The number of rotatable bonds is 7. The number of hydrogen-bond acceptors (Lipinski definition) is 6. The highest BCUT2D eigenvalue weighted by atomic mass is 16.5. The number of esters is 1. The van der Waals surface area contributed by atoms with Gasteiger partial charge >= 0.3 is 12.0 Å². The van der Waals surface area contributed by atoms with Crippen molar-refractivity contribution in [3.05, 3.63) is 54.1 Å². The lowest BCUT2D eigenvalue weighted by Crippen LogP contribution is -2.52. The van der Waals surface area contributed by atoms with Gasteiger partial charge in [0.15, 0.2) is 18.1 Å². The Morgan fingerprint density at radius 2 is 1.61 bits per heavy atom. The van der Waals surface area contributed by atoms with Gasteiger partial charge in [-0.05, 0) is 44.2 Å². The van der Waals surface area contributed by atoms with Crippen LogP contribution in [0.2, 0.25) is 0 Å². The smallest absolute Gasteiger partial charge is 0.338 e. The van der Waals surface area contributed by atoms with Gasteiger partial charge in [0.05, 0.1) is 18.8 Å². The summed E-state index contributed by atoms with van der Waals surface area (Å²) in [5.74, 6) is 0.000455. The van der Waals surface area contributed by atoms with E-state index in [0.717, 1.165) is 0 Å². The second kappa shape index (κ2) is 11.2. The number of anilines is 1. The number of carbonyl (C=O) groups excluding carboxylic acids is 3. The molecule has 9 heteroatoms. The number of para-hydroxylation sites is 1. The van der Waals surface area contributed by atoms with Crippen LogP contribution in [0.1, 0.15) is 24.2 Å². The third-order valence-electron chi connectivity index (χ3n) is 5.03. The minimum Gasteiger partial charge on any atom is -0.493 e. The quantitative estimate of drug-likeness (QED) is 0.645. The van der Waals surface area contributed by atoms with Gasteiger partial charge in [0, 0.05) is 31.9 Å². The SMILES string of the molecule is COc1cc(C(=O)OCC(=O)N2CCN(C(=O)Nc3ccccc3)CC2)ccc1OC(C)C. The number of ether oxygens (including phenoxy) is 3. The standard InChI is InChI=1S/C24H29N3O6/c1-17(2)33-20-10-9-18(15-21(20)31-3)23(29)32-16-22(28)26-11-13-27(14-12-26)24(30)25-19-7-5-4-6-8-19/h4-10,15,17H,11-14,16H2,1-3H3,(H,25,30). The molecule has 0 bridgehead atoms. The molecule has 0 aromatic heterocycles. The fourth-order valence-electron chi connectivity index (χ4n) is 3.33. The summed E-state index contributed by atoms with van der Waals surface area (Å²) in [7, 11) is 1.49. The van der Waals surface area contributed by atoms with Gasteiger partial charge in [-0.25, -0.2) is 9.59 Å². The summed E-state index contributed by atoms with van der Waals surface area (Å²) in [6.07, 6.45) is -0.0424. The number of piperazine rings is 1. The van der Waals surface area contributed by atoms with E-state index >= 15 is 0 Å². The first kappa shape index (κ1) is 23.9. The number of carbonyl (C=O) groups is 3. The Bertz CT molecular complexity index is 971. The lowest BCUT2D eigenvalue weighted by atomic mass is 10.2. The highest BCUT2D eigenvalue weighted by Gasteiger charge is 2.25. The predicted molar refractivity (Wildman–Crippen MR) is 123 cm³/mol. The molecule has 176 valence electrons. The maximum Gasteiger partial charge on any atom is 0.338 e. The molecule has 0 aliphatic carbocycles. The molecule has 1 aliphatic heterocycles. The number of hydrogen-bond donors (Lipinski definition) is 1. The Morgan fingerprint density at radius 3 is 2.24 bits per heavy atom. The van der Waals surface area contributed by atoms with Crippen LogP contribution in [0, 0.1) is 0 Å². The Hall–Kier alpha value is -3.75. The minimum atomic E-state index is -0.626. The fraction of sp³-hybridized carbons (Fsp3) is 0.375. The van der Waals surface area contributed by atoms with Crippen molar-refractivity contribution in [3.8, 4) is 11.5 Å². The molecular weight excluding hydrogens is 426 g/mol. The molecule has 0 atom stereocenters. The summed E-state index contributed by atoms with van der Waals surface area (Å²) in [5.41, 5.74) is 0.978. The maximum atomic E-state index is 12.5. The number of nitrogens with zero attached hydrogens (tertiary/aromatic N) is 2. The number of benzene rings is 2. The Kier molecular flexibility index (Phi) is 8.12. The van der Waals surface area contributed by atoms with E-state index in [0.29, 0.717) is 43.4 Å². The van der Waals surface area contributed by atoms with Crippen molar-refractivity contribution in [1.29, 1.82) is 0 Å². The lowest BCUT2D eigenvalue weighted by Gasteiger charge is -2.34. The Balaban J connectivity index is 1.46. The van der Waals surface area contributed by atoms with Crippen molar-refractivity contribution in [2.45, 2.75) is 20.0 Å². The molecule has 3 rings (SSSR count). The normalized spacial score (nSPS) is 13.5. The molecule has 1 heterocycles. The number of methoxy groups -OCH3 is 1. The van der Waals surface area contributed by atoms with Crippen molar-refractivity contribution in [1.82, 2.24) is 9.80 Å². The predicted octanol–water partition coefficient (Wildman–Crippen LogP) is 3.02. The molecule has 1 saturated heterocycles. The van der Waals surface area contributed by atoms with Crippen LogP contribution in [0.25, 0.3) is 0 Å². The van der Waals surface area contributed by atoms with Crippen molar-refractivity contribution in [2.24, 2.45) is 0 Å². The zero-order valence-corrected chi connectivity index (χ0v) is 19.1. The second-order valence-electron chi connectivity index (χ2n) is 7.77. The molecule has 3 amide bonds. The first-order valence-corrected chi connectivity index (χ1v) is 10.8. The molecule has 1 N–H and O–H groups in total. The summed E-state index contributed by atoms with van der Waals surface area (Å²) in [6, 6.07) is 13.7. The third-order valence-corrected chi connectivity index (χ3v) is 5.03. The minimum absolute atomic E-state index is 0.0424. The van der Waals surface area contributed by atoms with Crippen molar-refractivity contribution in [3.63, 3.8) is 0 Å². The fourth-order valence-corrected chi connectivity index (χ4v) is 3.33. The topological polar surface area (TPSA) is 97.4 Å². The second-order valence-corrected chi connectivity index (χ2v) is 7.77. The van der Waals surface area contributed by atoms with E-state index in [2.05, 4.69) is 5.32 Å². The first-order valence-electron chi connectivity index (χ1n) is 10.8. The van der Waals surface area contributed by atoms with E-state index in [1.54, 1.807) is 21.9 Å². The molecule has 33 heavy (non-hydrogen) atoms. The van der Waals surface area contributed by atoms with Crippen LogP contribution >= 0.6 is 0 Å². The largest absolute Gasteiger partial charge is 0.493 e. The number of urea groups is 1. The van der Waals surface area contributed by atoms with Crippen LogP contribution in [-0.4, -0.2) is 73.7 Å². The Morgan fingerprint density at radius 1 is 0.939 bits per heavy atom. The van der Waals surface area contributed by atoms with Crippen molar-refractivity contribution >= 4 is 23.6 Å². The van der Waals surface area contributed by atoms with Crippen LogP contribution in [0.5, 0.6) is 11.5 Å². The van der Waals surface area contributed by atoms with E-state index < -0.39 is 5.97 Å². The monoisotopic (exact) mass is 455 g/mol. The molecule has 1 fully saturated rings. The molecule has 0 saturated carbocycles. The summed E-state index contributed by atoms with van der Waals surface area (Å²) in [5, 5.41) is 2.83. The summed E-state index contributed by atoms with van der Waals surface area (Å²) in [4.78, 5) is 40.5. The first-order chi connectivity index (χ1) is 15.9. The highest BCUT2D eigenvalue weighted by Crippen LogP contribution is 2.29. The van der Waals surface area contributed by atoms with Gasteiger partial charge in [0.1, 0.15) is 0 Å². The maximum absolute atomic E-state index is 12.5. The van der Waals surface area contributed by atoms with Crippen LogP contribution in [0.15, 0.2) is 48.5 Å². The van der Waals surface area contributed by atoms with Crippen LogP contribution in [0.4, 0.5) is 10.5 Å². The average Bonchev–Trinajstić information content (AvgIpc) is 2.83. The molecule has 9 nitrogen and oxygen atoms in total. The summed E-state index contributed by atoms with van der Waals surface area (Å²) < 4.78 is 16.1. The van der Waals surface area contributed by atoms with Crippen molar-refractivity contribution < 1.29 is 28.6 Å². The average molecular weight is 456 g/mol.